The van der Waals surface area contributed by atoms with Crippen molar-refractivity contribution in [3.63, 3.8) is 0 Å². The standard InChI is InChI=1S/C11H15BrN2OS.ClH/c12-9-2-4-16-10(9)7-14-11(15)5-8-1-3-13-6-8;/h2,4,8,13H,1,3,5-7H2,(H,14,15);1H. The second-order valence-electron chi connectivity index (χ2n) is 4.03. The zero-order chi connectivity index (χ0) is 11.4. The predicted molar refractivity (Wildman–Crippen MR) is 76.7 cm³/mol. The lowest BCUT2D eigenvalue weighted by molar-refractivity contribution is -0.122. The molecule has 1 aromatic rings. The molecule has 17 heavy (non-hydrogen) atoms. The first-order valence-electron chi connectivity index (χ1n) is 5.45. The van der Waals surface area contributed by atoms with Crippen LogP contribution in [0, 0.1) is 5.92 Å². The molecule has 2 N–H and O–H groups in total. The van der Waals surface area contributed by atoms with E-state index in [1.807, 2.05) is 11.4 Å². The van der Waals surface area contributed by atoms with Crippen LogP contribution in [0.4, 0.5) is 0 Å². The fraction of sp³-hybridized carbons (Fsp3) is 0.545. The van der Waals surface area contributed by atoms with E-state index >= 15 is 0 Å². The molecule has 2 rings (SSSR count). The highest BCUT2D eigenvalue weighted by Gasteiger charge is 2.17. The van der Waals surface area contributed by atoms with Crippen molar-refractivity contribution in [1.29, 1.82) is 0 Å². The molecule has 1 amide bonds. The summed E-state index contributed by atoms with van der Waals surface area (Å²) in [5, 5.41) is 8.26. The van der Waals surface area contributed by atoms with Crippen molar-refractivity contribution in [2.75, 3.05) is 13.1 Å². The molecule has 3 nitrogen and oxygen atoms in total. The van der Waals surface area contributed by atoms with E-state index in [1.165, 1.54) is 4.88 Å². The zero-order valence-electron chi connectivity index (χ0n) is 9.37. The summed E-state index contributed by atoms with van der Waals surface area (Å²) in [6, 6.07) is 2.01. The summed E-state index contributed by atoms with van der Waals surface area (Å²) < 4.78 is 1.08. The number of thiophene rings is 1. The summed E-state index contributed by atoms with van der Waals surface area (Å²) in [5.74, 6) is 0.681. The highest BCUT2D eigenvalue weighted by Crippen LogP contribution is 2.22. The summed E-state index contributed by atoms with van der Waals surface area (Å²) in [6.45, 7) is 2.67. The molecule has 2 heterocycles. The fourth-order valence-electron chi connectivity index (χ4n) is 1.85. The highest BCUT2D eigenvalue weighted by molar-refractivity contribution is 9.10. The molecular formula is C11H16BrClN2OS. The van der Waals surface area contributed by atoms with Crippen LogP contribution < -0.4 is 10.6 Å². The molecule has 0 aliphatic carbocycles. The average Bonchev–Trinajstić information content (AvgIpc) is 2.87. The van der Waals surface area contributed by atoms with E-state index < -0.39 is 0 Å². The summed E-state index contributed by atoms with van der Waals surface area (Å²) >= 11 is 5.11. The lowest BCUT2D eigenvalue weighted by Crippen LogP contribution is -2.25. The van der Waals surface area contributed by atoms with Gasteiger partial charge in [0.05, 0.1) is 6.54 Å². The third-order valence-corrected chi connectivity index (χ3v) is 4.70. The van der Waals surface area contributed by atoms with Crippen molar-refractivity contribution in [2.45, 2.75) is 19.4 Å². The van der Waals surface area contributed by atoms with E-state index in [1.54, 1.807) is 11.3 Å². The third kappa shape index (κ3) is 4.58. The Hall–Kier alpha value is -0.100. The molecule has 1 unspecified atom stereocenters. The summed E-state index contributed by atoms with van der Waals surface area (Å²) in [5.41, 5.74) is 0. The number of hydrogen-bond acceptors (Lipinski definition) is 3. The number of hydrogen-bond donors (Lipinski definition) is 2. The largest absolute Gasteiger partial charge is 0.351 e. The Morgan fingerprint density at radius 1 is 1.65 bits per heavy atom. The number of carbonyl (C=O) groups excluding carboxylic acids is 1. The Morgan fingerprint density at radius 2 is 2.47 bits per heavy atom. The molecule has 1 aromatic heterocycles. The molecule has 1 atom stereocenters. The highest BCUT2D eigenvalue weighted by atomic mass is 79.9. The summed E-state index contributed by atoms with van der Waals surface area (Å²) in [7, 11) is 0. The van der Waals surface area contributed by atoms with Gasteiger partial charge in [-0.2, -0.15) is 0 Å². The van der Waals surface area contributed by atoms with Gasteiger partial charge in [-0.1, -0.05) is 0 Å². The Bertz CT molecular complexity index is 366. The van der Waals surface area contributed by atoms with E-state index in [0.717, 1.165) is 24.0 Å². The number of amides is 1. The van der Waals surface area contributed by atoms with Crippen molar-refractivity contribution >= 4 is 45.6 Å². The first-order valence-corrected chi connectivity index (χ1v) is 7.12. The van der Waals surface area contributed by atoms with Crippen LogP contribution in [0.15, 0.2) is 15.9 Å². The van der Waals surface area contributed by atoms with Gasteiger partial charge in [-0.15, -0.1) is 23.7 Å². The molecular weight excluding hydrogens is 324 g/mol. The molecule has 0 saturated carbocycles. The Labute approximate surface area is 120 Å². The number of carbonyl (C=O) groups is 1. The lowest BCUT2D eigenvalue weighted by Gasteiger charge is -2.08. The smallest absolute Gasteiger partial charge is 0.220 e. The van der Waals surface area contributed by atoms with E-state index in [-0.39, 0.29) is 18.3 Å². The topological polar surface area (TPSA) is 41.1 Å². The van der Waals surface area contributed by atoms with Crippen LogP contribution in [0.3, 0.4) is 0 Å². The lowest BCUT2D eigenvalue weighted by atomic mass is 10.0. The number of nitrogens with one attached hydrogen (secondary N) is 2. The van der Waals surface area contributed by atoms with Crippen LogP contribution in [0.2, 0.25) is 0 Å². The summed E-state index contributed by atoms with van der Waals surface area (Å²) in [4.78, 5) is 12.8. The maximum absolute atomic E-state index is 11.7. The average molecular weight is 340 g/mol. The van der Waals surface area contributed by atoms with Gasteiger partial charge in [-0.3, -0.25) is 4.79 Å². The fourth-order valence-corrected chi connectivity index (χ4v) is 3.29. The van der Waals surface area contributed by atoms with Crippen molar-refractivity contribution < 1.29 is 4.79 Å². The molecule has 0 spiro atoms. The summed E-state index contributed by atoms with van der Waals surface area (Å²) in [6.07, 6.45) is 1.77. The van der Waals surface area contributed by atoms with Crippen LogP contribution in [-0.4, -0.2) is 19.0 Å². The Kier molecular flexibility index (Phi) is 6.48. The number of halogens is 2. The minimum Gasteiger partial charge on any atom is -0.351 e. The molecule has 0 radical (unpaired) electrons. The Balaban J connectivity index is 0.00000144. The molecule has 6 heteroatoms. The minimum atomic E-state index is 0. The molecule has 1 aliphatic heterocycles. The monoisotopic (exact) mass is 338 g/mol. The van der Waals surface area contributed by atoms with Gasteiger partial charge in [0.2, 0.25) is 5.91 Å². The maximum atomic E-state index is 11.7. The van der Waals surface area contributed by atoms with Crippen LogP contribution in [0.25, 0.3) is 0 Å². The van der Waals surface area contributed by atoms with Crippen molar-refractivity contribution in [3.05, 3.63) is 20.8 Å². The predicted octanol–water partition coefficient (Wildman–Crippen LogP) is 2.55. The van der Waals surface area contributed by atoms with Gasteiger partial charge >= 0.3 is 0 Å². The first kappa shape index (κ1) is 15.0. The zero-order valence-corrected chi connectivity index (χ0v) is 12.6. The number of rotatable bonds is 4. The second-order valence-corrected chi connectivity index (χ2v) is 5.89. The molecule has 1 aliphatic rings. The van der Waals surface area contributed by atoms with E-state index in [0.29, 0.717) is 18.9 Å². The van der Waals surface area contributed by atoms with Gasteiger partial charge in [0, 0.05) is 15.8 Å². The molecule has 96 valence electrons. The van der Waals surface area contributed by atoms with Crippen molar-refractivity contribution in [2.24, 2.45) is 5.92 Å². The van der Waals surface area contributed by atoms with E-state index in [9.17, 15) is 4.79 Å². The SMILES string of the molecule is Cl.O=C(CC1CCNC1)NCc1sccc1Br. The van der Waals surface area contributed by atoms with Gasteiger partial charge in [0.1, 0.15) is 0 Å². The molecule has 0 bridgehead atoms. The van der Waals surface area contributed by atoms with Crippen molar-refractivity contribution in [1.82, 2.24) is 10.6 Å². The van der Waals surface area contributed by atoms with Gasteiger partial charge in [-0.25, -0.2) is 0 Å². The van der Waals surface area contributed by atoms with Gasteiger partial charge in [0.25, 0.3) is 0 Å². The molecule has 1 saturated heterocycles. The van der Waals surface area contributed by atoms with Gasteiger partial charge < -0.3 is 10.6 Å². The Morgan fingerprint density at radius 3 is 3.06 bits per heavy atom. The minimum absolute atomic E-state index is 0. The van der Waals surface area contributed by atoms with Crippen molar-refractivity contribution in [3.8, 4) is 0 Å². The van der Waals surface area contributed by atoms with Gasteiger partial charge in [-0.05, 0) is 52.8 Å². The van der Waals surface area contributed by atoms with Crippen LogP contribution >= 0.6 is 39.7 Å². The molecule has 1 fully saturated rings. The quantitative estimate of drug-likeness (QED) is 0.885. The second kappa shape index (κ2) is 7.36. The van der Waals surface area contributed by atoms with E-state index in [4.69, 9.17) is 0 Å². The first-order chi connectivity index (χ1) is 7.75. The normalized spacial score (nSPS) is 18.8. The van der Waals surface area contributed by atoms with E-state index in [2.05, 4.69) is 26.6 Å². The molecule has 0 aromatic carbocycles. The van der Waals surface area contributed by atoms with Gasteiger partial charge in [0.15, 0.2) is 0 Å². The van der Waals surface area contributed by atoms with Crippen LogP contribution in [0.5, 0.6) is 0 Å². The maximum Gasteiger partial charge on any atom is 0.220 e. The van der Waals surface area contributed by atoms with Crippen LogP contribution in [0.1, 0.15) is 17.7 Å². The van der Waals surface area contributed by atoms with Crippen LogP contribution in [-0.2, 0) is 11.3 Å². The third-order valence-electron chi connectivity index (χ3n) is 2.77.